The van der Waals surface area contributed by atoms with Crippen molar-refractivity contribution in [2.24, 2.45) is 0 Å². The number of amides is 1. The van der Waals surface area contributed by atoms with E-state index in [0.717, 1.165) is 28.9 Å². The third kappa shape index (κ3) is 4.55. The Hall–Kier alpha value is -2.22. The Kier molecular flexibility index (Phi) is 5.64. The van der Waals surface area contributed by atoms with Gasteiger partial charge in [-0.25, -0.2) is 13.4 Å². The summed E-state index contributed by atoms with van der Waals surface area (Å²) in [7, 11) is -3.30. The molecule has 1 N–H and O–H groups in total. The number of aryl methyl sites for hydroxylation is 1. The van der Waals surface area contributed by atoms with Gasteiger partial charge in [0.05, 0.1) is 20.6 Å². The van der Waals surface area contributed by atoms with Gasteiger partial charge in [0.2, 0.25) is 0 Å². The Bertz CT molecular complexity index is 1090. The first-order chi connectivity index (χ1) is 12.8. The van der Waals surface area contributed by atoms with E-state index in [9.17, 15) is 13.2 Å². The molecule has 27 heavy (non-hydrogen) atoms. The number of anilines is 1. The van der Waals surface area contributed by atoms with Crippen LogP contribution >= 0.6 is 22.9 Å². The molecule has 0 radical (unpaired) electrons. The fourth-order valence-corrected chi connectivity index (χ4v) is 4.11. The zero-order valence-electron chi connectivity index (χ0n) is 14.7. The van der Waals surface area contributed by atoms with E-state index in [1.165, 1.54) is 24.3 Å². The monoisotopic (exact) mass is 420 g/mol. The average molecular weight is 421 g/mol. The van der Waals surface area contributed by atoms with Crippen LogP contribution in [0.25, 0.3) is 11.3 Å². The number of benzene rings is 2. The van der Waals surface area contributed by atoms with Crippen molar-refractivity contribution in [1.29, 1.82) is 0 Å². The van der Waals surface area contributed by atoms with E-state index in [1.807, 2.05) is 18.4 Å². The topological polar surface area (TPSA) is 76.1 Å². The lowest BCUT2D eigenvalue weighted by Gasteiger charge is -2.08. The van der Waals surface area contributed by atoms with E-state index in [-0.39, 0.29) is 10.8 Å². The highest BCUT2D eigenvalue weighted by atomic mass is 35.5. The molecule has 0 aliphatic rings. The van der Waals surface area contributed by atoms with Crippen LogP contribution in [0.2, 0.25) is 5.02 Å². The number of nitrogens with zero attached hydrogens (tertiary/aromatic N) is 1. The van der Waals surface area contributed by atoms with Gasteiger partial charge in [-0.05, 0) is 48.9 Å². The van der Waals surface area contributed by atoms with Crippen molar-refractivity contribution in [3.8, 4) is 11.3 Å². The van der Waals surface area contributed by atoms with Gasteiger partial charge in [-0.15, -0.1) is 11.3 Å². The van der Waals surface area contributed by atoms with Crippen molar-refractivity contribution >= 4 is 44.4 Å². The molecule has 0 fully saturated rings. The third-order valence-corrected chi connectivity index (χ3v) is 6.34. The van der Waals surface area contributed by atoms with Gasteiger partial charge in [0.1, 0.15) is 0 Å². The van der Waals surface area contributed by atoms with Crippen LogP contribution in [0, 0.1) is 0 Å². The van der Waals surface area contributed by atoms with Crippen molar-refractivity contribution in [1.82, 2.24) is 4.98 Å². The first-order valence-electron chi connectivity index (χ1n) is 8.13. The summed E-state index contributed by atoms with van der Waals surface area (Å²) in [5.41, 5.74) is 2.53. The zero-order chi connectivity index (χ0) is 19.6. The zero-order valence-corrected chi connectivity index (χ0v) is 17.1. The predicted octanol–water partition coefficient (Wildman–Crippen LogP) is 4.68. The fraction of sp³-hybridized carbons (Fsp3) is 0.158. The smallest absolute Gasteiger partial charge is 0.255 e. The van der Waals surface area contributed by atoms with E-state index in [4.69, 9.17) is 11.6 Å². The molecular formula is C19H17ClN2O3S2. The molecule has 0 bridgehead atoms. The summed E-state index contributed by atoms with van der Waals surface area (Å²) in [5, 5.41) is 6.25. The number of hydrogen-bond acceptors (Lipinski definition) is 5. The van der Waals surface area contributed by atoms with Crippen LogP contribution in [-0.2, 0) is 16.3 Å². The number of nitrogens with one attached hydrogen (secondary N) is 1. The normalized spacial score (nSPS) is 11.4. The summed E-state index contributed by atoms with van der Waals surface area (Å²) in [6.45, 7) is 2.05. The van der Waals surface area contributed by atoms with Crippen molar-refractivity contribution in [3.63, 3.8) is 0 Å². The lowest BCUT2D eigenvalue weighted by Crippen LogP contribution is -2.12. The van der Waals surface area contributed by atoms with Crippen LogP contribution < -0.4 is 5.32 Å². The molecule has 3 rings (SSSR count). The number of sulfone groups is 1. The molecule has 0 atom stereocenters. The molecule has 1 heterocycles. The van der Waals surface area contributed by atoms with Gasteiger partial charge in [0.25, 0.3) is 5.91 Å². The molecule has 0 saturated carbocycles. The minimum absolute atomic E-state index is 0.168. The molecule has 0 saturated heterocycles. The molecule has 1 amide bonds. The largest absolute Gasteiger partial charge is 0.322 e. The summed E-state index contributed by atoms with van der Waals surface area (Å²) in [6, 6.07) is 11.0. The molecule has 0 aliphatic carbocycles. The second kappa shape index (κ2) is 7.80. The minimum atomic E-state index is -3.30. The predicted molar refractivity (Wildman–Crippen MR) is 109 cm³/mol. The van der Waals surface area contributed by atoms with Gasteiger partial charge in [-0.2, -0.15) is 0 Å². The summed E-state index contributed by atoms with van der Waals surface area (Å²) in [4.78, 5) is 17.1. The quantitative estimate of drug-likeness (QED) is 0.650. The lowest BCUT2D eigenvalue weighted by atomic mass is 10.1. The second-order valence-corrected chi connectivity index (χ2v) is 9.29. The molecule has 3 aromatic rings. The molecule has 5 nitrogen and oxygen atoms in total. The first-order valence-corrected chi connectivity index (χ1v) is 11.3. The van der Waals surface area contributed by atoms with Gasteiger partial charge >= 0.3 is 0 Å². The minimum Gasteiger partial charge on any atom is -0.322 e. The number of rotatable bonds is 5. The lowest BCUT2D eigenvalue weighted by molar-refractivity contribution is 0.102. The van der Waals surface area contributed by atoms with Gasteiger partial charge < -0.3 is 5.32 Å². The van der Waals surface area contributed by atoms with Crippen LogP contribution in [0.4, 0.5) is 5.69 Å². The summed E-state index contributed by atoms with van der Waals surface area (Å²) in [6.07, 6.45) is 1.99. The Morgan fingerprint density at radius 1 is 1.19 bits per heavy atom. The highest BCUT2D eigenvalue weighted by Gasteiger charge is 2.12. The Balaban J connectivity index is 1.77. The Labute approximate surface area is 167 Å². The van der Waals surface area contributed by atoms with Crippen molar-refractivity contribution < 1.29 is 13.2 Å². The van der Waals surface area contributed by atoms with Crippen LogP contribution in [0.15, 0.2) is 52.7 Å². The molecule has 2 aromatic carbocycles. The maximum atomic E-state index is 12.4. The summed E-state index contributed by atoms with van der Waals surface area (Å²) >= 11 is 7.95. The maximum absolute atomic E-state index is 12.4. The van der Waals surface area contributed by atoms with Crippen LogP contribution in [0.1, 0.15) is 22.3 Å². The van der Waals surface area contributed by atoms with E-state index in [0.29, 0.717) is 16.3 Å². The van der Waals surface area contributed by atoms with E-state index >= 15 is 0 Å². The van der Waals surface area contributed by atoms with Gasteiger partial charge in [-0.3, -0.25) is 4.79 Å². The molecule has 8 heteroatoms. The van der Waals surface area contributed by atoms with Crippen molar-refractivity contribution in [2.75, 3.05) is 11.6 Å². The summed E-state index contributed by atoms with van der Waals surface area (Å²) in [5.74, 6) is -0.346. The molecule has 0 aliphatic heterocycles. The maximum Gasteiger partial charge on any atom is 0.255 e. The molecular weight excluding hydrogens is 404 g/mol. The second-order valence-electron chi connectivity index (χ2n) is 5.93. The van der Waals surface area contributed by atoms with E-state index in [1.54, 1.807) is 23.5 Å². The summed E-state index contributed by atoms with van der Waals surface area (Å²) < 4.78 is 23.0. The number of carbonyl (C=O) groups excluding carboxylic acids is 1. The standard InChI is InChI=1S/C19H17ClN2O3S2/c1-3-18-22-17(11-26-18)15-9-6-13(10-16(15)20)21-19(23)12-4-7-14(8-5-12)27(2,24)25/h4-11H,3H2,1-2H3,(H,21,23). The number of carbonyl (C=O) groups is 1. The molecule has 0 unspecified atom stereocenters. The SMILES string of the molecule is CCc1nc(-c2ccc(NC(=O)c3ccc(S(C)(=O)=O)cc3)cc2Cl)cs1. The first kappa shape index (κ1) is 19.5. The fourth-order valence-electron chi connectivity index (χ4n) is 2.45. The molecule has 140 valence electrons. The highest BCUT2D eigenvalue weighted by Crippen LogP contribution is 2.31. The van der Waals surface area contributed by atoms with Crippen LogP contribution in [0.3, 0.4) is 0 Å². The van der Waals surface area contributed by atoms with E-state index in [2.05, 4.69) is 10.3 Å². The number of halogens is 1. The Morgan fingerprint density at radius 2 is 1.89 bits per heavy atom. The van der Waals surface area contributed by atoms with E-state index < -0.39 is 9.84 Å². The van der Waals surface area contributed by atoms with Gasteiger partial charge in [0.15, 0.2) is 9.84 Å². The van der Waals surface area contributed by atoms with Crippen LogP contribution in [0.5, 0.6) is 0 Å². The van der Waals surface area contributed by atoms with Crippen molar-refractivity contribution in [3.05, 3.63) is 63.4 Å². The number of thiazole rings is 1. The van der Waals surface area contributed by atoms with Gasteiger partial charge in [0, 0.05) is 28.5 Å². The average Bonchev–Trinajstić information content (AvgIpc) is 3.10. The number of hydrogen-bond donors (Lipinski definition) is 1. The Morgan fingerprint density at radius 3 is 2.44 bits per heavy atom. The molecule has 0 spiro atoms. The highest BCUT2D eigenvalue weighted by molar-refractivity contribution is 7.90. The number of aromatic nitrogens is 1. The molecule has 1 aromatic heterocycles. The van der Waals surface area contributed by atoms with Crippen molar-refractivity contribution in [2.45, 2.75) is 18.2 Å². The van der Waals surface area contributed by atoms with Crippen LogP contribution in [-0.4, -0.2) is 25.6 Å². The third-order valence-electron chi connectivity index (χ3n) is 3.90. The van der Waals surface area contributed by atoms with Gasteiger partial charge in [-0.1, -0.05) is 18.5 Å².